The topological polar surface area (TPSA) is 67.8 Å². The number of pyridine rings is 1. The first-order chi connectivity index (χ1) is 7.68. The van der Waals surface area contributed by atoms with Gasteiger partial charge in [-0.1, -0.05) is 16.1 Å². The molecule has 2 rings (SSSR count). The van der Waals surface area contributed by atoms with Crippen molar-refractivity contribution in [1.82, 2.24) is 14.6 Å². The molecular weight excluding hydrogens is 248 g/mol. The molecule has 7 heteroatoms. The second-order valence-electron chi connectivity index (χ2n) is 3.00. The molecule has 16 heavy (non-hydrogen) atoms. The van der Waals surface area contributed by atoms with Gasteiger partial charge in [-0.15, -0.1) is 5.10 Å². The largest absolute Gasteiger partial charge is 0.319 e. The minimum atomic E-state index is -0.276. The van der Waals surface area contributed by atoms with E-state index in [4.69, 9.17) is 11.6 Å². The number of aromatic nitrogens is 3. The Morgan fingerprint density at radius 3 is 3.00 bits per heavy atom. The Morgan fingerprint density at radius 2 is 2.38 bits per heavy atom. The minimum Gasteiger partial charge on any atom is -0.319 e. The predicted molar refractivity (Wildman–Crippen MR) is 61.8 cm³/mol. The van der Waals surface area contributed by atoms with Crippen LogP contribution >= 0.6 is 23.1 Å². The second-order valence-corrected chi connectivity index (χ2v) is 4.16. The molecule has 2 aromatic heterocycles. The van der Waals surface area contributed by atoms with E-state index in [0.717, 1.165) is 11.5 Å². The number of anilines is 1. The predicted octanol–water partition coefficient (Wildman–Crippen LogP) is 2.15. The van der Waals surface area contributed by atoms with E-state index in [1.165, 1.54) is 6.20 Å². The molecule has 0 aliphatic heterocycles. The Labute approximate surface area is 101 Å². The SMILES string of the molecule is Cc1nnsc1C(=O)Nc1cnccc1Cl. The third-order valence-electron chi connectivity index (χ3n) is 1.87. The summed E-state index contributed by atoms with van der Waals surface area (Å²) in [6.45, 7) is 1.73. The van der Waals surface area contributed by atoms with Crippen molar-refractivity contribution >= 4 is 34.7 Å². The number of carbonyl (C=O) groups excluding carboxylic acids is 1. The zero-order chi connectivity index (χ0) is 11.5. The fraction of sp³-hybridized carbons (Fsp3) is 0.111. The Kier molecular flexibility index (Phi) is 3.12. The van der Waals surface area contributed by atoms with Crippen molar-refractivity contribution in [3.63, 3.8) is 0 Å². The van der Waals surface area contributed by atoms with Gasteiger partial charge in [-0.3, -0.25) is 9.78 Å². The van der Waals surface area contributed by atoms with Gasteiger partial charge in [0.15, 0.2) is 0 Å². The molecule has 1 N–H and O–H groups in total. The van der Waals surface area contributed by atoms with Crippen molar-refractivity contribution in [2.75, 3.05) is 5.32 Å². The molecule has 0 atom stereocenters. The minimum absolute atomic E-state index is 0.276. The van der Waals surface area contributed by atoms with E-state index in [1.807, 2.05) is 0 Å². The number of hydrogen-bond acceptors (Lipinski definition) is 5. The van der Waals surface area contributed by atoms with Gasteiger partial charge in [0.25, 0.3) is 5.91 Å². The Balaban J connectivity index is 2.21. The summed E-state index contributed by atoms with van der Waals surface area (Å²) in [4.78, 5) is 16.1. The summed E-state index contributed by atoms with van der Waals surface area (Å²) in [7, 11) is 0. The van der Waals surface area contributed by atoms with Crippen molar-refractivity contribution in [3.8, 4) is 0 Å². The van der Waals surface area contributed by atoms with Gasteiger partial charge in [-0.25, -0.2) is 0 Å². The fourth-order valence-electron chi connectivity index (χ4n) is 1.09. The van der Waals surface area contributed by atoms with Crippen LogP contribution < -0.4 is 5.32 Å². The van der Waals surface area contributed by atoms with Crippen LogP contribution in [-0.2, 0) is 0 Å². The molecule has 1 amide bonds. The molecule has 0 aliphatic rings. The lowest BCUT2D eigenvalue weighted by Crippen LogP contribution is -2.12. The van der Waals surface area contributed by atoms with Gasteiger partial charge in [0.05, 0.1) is 22.6 Å². The van der Waals surface area contributed by atoms with E-state index in [9.17, 15) is 4.79 Å². The van der Waals surface area contributed by atoms with Gasteiger partial charge in [-0.2, -0.15) is 0 Å². The maximum atomic E-state index is 11.8. The van der Waals surface area contributed by atoms with Gasteiger partial charge < -0.3 is 5.32 Å². The lowest BCUT2D eigenvalue weighted by Gasteiger charge is -2.04. The molecule has 2 aromatic rings. The van der Waals surface area contributed by atoms with Crippen LogP contribution in [-0.4, -0.2) is 20.5 Å². The first-order valence-electron chi connectivity index (χ1n) is 4.38. The van der Waals surface area contributed by atoms with Crippen molar-refractivity contribution in [2.24, 2.45) is 0 Å². The number of nitrogens with zero attached hydrogens (tertiary/aromatic N) is 3. The van der Waals surface area contributed by atoms with Gasteiger partial charge in [-0.05, 0) is 24.5 Å². The molecular formula is C9H7ClN4OS. The highest BCUT2D eigenvalue weighted by Crippen LogP contribution is 2.20. The average Bonchev–Trinajstić information content (AvgIpc) is 2.68. The lowest BCUT2D eigenvalue weighted by molar-refractivity contribution is 0.103. The Morgan fingerprint density at radius 1 is 1.56 bits per heavy atom. The summed E-state index contributed by atoms with van der Waals surface area (Å²) in [5, 5.41) is 6.85. The van der Waals surface area contributed by atoms with Gasteiger partial charge in [0, 0.05) is 6.20 Å². The molecule has 0 bridgehead atoms. The molecule has 0 unspecified atom stereocenters. The van der Waals surface area contributed by atoms with E-state index in [1.54, 1.807) is 19.2 Å². The number of hydrogen-bond donors (Lipinski definition) is 1. The molecule has 82 valence electrons. The molecule has 0 radical (unpaired) electrons. The van der Waals surface area contributed by atoms with Crippen molar-refractivity contribution in [1.29, 1.82) is 0 Å². The highest BCUT2D eigenvalue weighted by molar-refractivity contribution is 7.08. The van der Waals surface area contributed by atoms with E-state index in [2.05, 4.69) is 19.9 Å². The monoisotopic (exact) mass is 254 g/mol. The highest BCUT2D eigenvalue weighted by Gasteiger charge is 2.14. The molecule has 2 heterocycles. The first-order valence-corrected chi connectivity index (χ1v) is 5.53. The smallest absolute Gasteiger partial charge is 0.269 e. The van der Waals surface area contributed by atoms with Crippen molar-refractivity contribution < 1.29 is 4.79 Å². The normalized spacial score (nSPS) is 10.1. The number of amides is 1. The number of nitrogens with one attached hydrogen (secondary N) is 1. The molecule has 5 nitrogen and oxygen atoms in total. The average molecular weight is 255 g/mol. The lowest BCUT2D eigenvalue weighted by atomic mass is 10.3. The Hall–Kier alpha value is -1.53. The first kappa shape index (κ1) is 11.0. The molecule has 0 aromatic carbocycles. The number of rotatable bonds is 2. The number of halogens is 1. The van der Waals surface area contributed by atoms with Gasteiger partial charge in [0.1, 0.15) is 4.88 Å². The highest BCUT2D eigenvalue weighted by atomic mass is 35.5. The van der Waals surface area contributed by atoms with E-state index in [-0.39, 0.29) is 5.91 Å². The van der Waals surface area contributed by atoms with Crippen molar-refractivity contribution in [2.45, 2.75) is 6.92 Å². The van der Waals surface area contributed by atoms with Crippen LogP contribution in [0.4, 0.5) is 5.69 Å². The maximum absolute atomic E-state index is 11.8. The van der Waals surface area contributed by atoms with Crippen LogP contribution in [0.3, 0.4) is 0 Å². The third-order valence-corrected chi connectivity index (χ3v) is 3.03. The second kappa shape index (κ2) is 4.54. The van der Waals surface area contributed by atoms with Gasteiger partial charge in [0.2, 0.25) is 0 Å². The summed E-state index contributed by atoms with van der Waals surface area (Å²) in [6.07, 6.45) is 3.04. The molecule has 0 saturated carbocycles. The van der Waals surface area contributed by atoms with Crippen LogP contribution in [0.15, 0.2) is 18.5 Å². The zero-order valence-corrected chi connectivity index (χ0v) is 9.84. The maximum Gasteiger partial charge on any atom is 0.269 e. The molecule has 0 spiro atoms. The summed E-state index contributed by atoms with van der Waals surface area (Å²) in [5.74, 6) is -0.276. The summed E-state index contributed by atoms with van der Waals surface area (Å²) < 4.78 is 3.69. The van der Waals surface area contributed by atoms with Crippen LogP contribution in [0, 0.1) is 6.92 Å². The summed E-state index contributed by atoms with van der Waals surface area (Å²) in [6, 6.07) is 1.61. The van der Waals surface area contributed by atoms with E-state index >= 15 is 0 Å². The van der Waals surface area contributed by atoms with Crippen LogP contribution in [0.25, 0.3) is 0 Å². The van der Waals surface area contributed by atoms with Crippen LogP contribution in [0.1, 0.15) is 15.4 Å². The van der Waals surface area contributed by atoms with E-state index < -0.39 is 0 Å². The fourth-order valence-corrected chi connectivity index (χ4v) is 1.79. The quantitative estimate of drug-likeness (QED) is 0.892. The summed E-state index contributed by atoms with van der Waals surface area (Å²) in [5.41, 5.74) is 1.07. The van der Waals surface area contributed by atoms with E-state index in [0.29, 0.717) is 21.3 Å². The number of aryl methyl sites for hydroxylation is 1. The van der Waals surface area contributed by atoms with Crippen LogP contribution in [0.2, 0.25) is 5.02 Å². The molecule has 0 fully saturated rings. The number of carbonyl (C=O) groups is 1. The molecule has 0 aliphatic carbocycles. The van der Waals surface area contributed by atoms with Crippen molar-refractivity contribution in [3.05, 3.63) is 34.1 Å². The van der Waals surface area contributed by atoms with Gasteiger partial charge >= 0.3 is 0 Å². The standard InChI is InChI=1S/C9H7ClN4OS/c1-5-8(16-14-13-5)9(15)12-7-4-11-3-2-6(7)10/h2-4H,1H3,(H,12,15). The zero-order valence-electron chi connectivity index (χ0n) is 8.27. The van der Waals surface area contributed by atoms with Crippen LogP contribution in [0.5, 0.6) is 0 Å². The molecule has 0 saturated heterocycles. The third kappa shape index (κ3) is 2.17. The Bertz CT molecular complexity index is 528. The summed E-state index contributed by atoms with van der Waals surface area (Å²) >= 11 is 6.93.